The van der Waals surface area contributed by atoms with Gasteiger partial charge in [0.05, 0.1) is 20.8 Å². The third-order valence-electron chi connectivity index (χ3n) is 8.78. The summed E-state index contributed by atoms with van der Waals surface area (Å²) >= 11 is 0. The van der Waals surface area contributed by atoms with Gasteiger partial charge in [-0.05, 0) is 86.6 Å². The van der Waals surface area contributed by atoms with E-state index in [1.807, 2.05) is 32.0 Å². The van der Waals surface area contributed by atoms with Crippen LogP contribution >= 0.6 is 0 Å². The number of allylic oxidation sites excluding steroid dienone is 10. The molecule has 41 heavy (non-hydrogen) atoms. The van der Waals surface area contributed by atoms with Gasteiger partial charge in [0.15, 0.2) is 11.5 Å². The maximum Gasteiger partial charge on any atom is 0.334 e. The fourth-order valence-corrected chi connectivity index (χ4v) is 6.80. The number of methoxy groups -OCH3 is 2. The number of aryl methyl sites for hydroxylation is 1. The third kappa shape index (κ3) is 5.12. The van der Waals surface area contributed by atoms with Gasteiger partial charge in [0.25, 0.3) is 0 Å². The molecule has 212 valence electrons. The number of esters is 1. The molecule has 0 aromatic heterocycles. The van der Waals surface area contributed by atoms with Crippen LogP contribution < -0.4 is 9.47 Å². The second kappa shape index (κ2) is 11.4. The van der Waals surface area contributed by atoms with Crippen molar-refractivity contribution in [3.8, 4) is 11.5 Å². The smallest absolute Gasteiger partial charge is 0.334 e. The van der Waals surface area contributed by atoms with Crippen LogP contribution in [0.1, 0.15) is 62.6 Å². The molecule has 3 unspecified atom stereocenters. The second-order valence-electron chi connectivity index (χ2n) is 11.3. The highest BCUT2D eigenvalue weighted by molar-refractivity contribution is 5.93. The van der Waals surface area contributed by atoms with Crippen LogP contribution in [0.5, 0.6) is 11.5 Å². The molecule has 0 bridgehead atoms. The Hall–Kier alpha value is -4.05. The molecule has 0 aliphatic heterocycles. The molecule has 0 heterocycles. The van der Waals surface area contributed by atoms with E-state index in [2.05, 4.69) is 69.8 Å². The molecule has 3 aliphatic carbocycles. The Bertz CT molecular complexity index is 1560. The van der Waals surface area contributed by atoms with Gasteiger partial charge in [-0.2, -0.15) is 0 Å². The summed E-state index contributed by atoms with van der Waals surface area (Å²) in [5.41, 5.74) is 12.7. The Morgan fingerprint density at radius 3 is 2.27 bits per heavy atom. The number of carbonyl (C=O) groups is 1. The molecule has 2 aromatic rings. The quantitative estimate of drug-likeness (QED) is 0.326. The summed E-state index contributed by atoms with van der Waals surface area (Å²) < 4.78 is 16.7. The van der Waals surface area contributed by atoms with E-state index in [1.54, 1.807) is 14.2 Å². The first kappa shape index (κ1) is 28.5. The van der Waals surface area contributed by atoms with Crippen molar-refractivity contribution < 1.29 is 19.0 Å². The van der Waals surface area contributed by atoms with E-state index in [0.717, 1.165) is 23.1 Å². The second-order valence-corrected chi connectivity index (χ2v) is 11.3. The van der Waals surface area contributed by atoms with Gasteiger partial charge in [-0.1, -0.05) is 77.4 Å². The van der Waals surface area contributed by atoms with Crippen molar-refractivity contribution in [3.63, 3.8) is 0 Å². The summed E-state index contributed by atoms with van der Waals surface area (Å²) in [7, 11) is 3.26. The van der Waals surface area contributed by atoms with Gasteiger partial charge in [0.2, 0.25) is 0 Å². The predicted octanol–water partition coefficient (Wildman–Crippen LogP) is 8.48. The largest absolute Gasteiger partial charge is 0.493 e. The zero-order valence-electron chi connectivity index (χ0n) is 25.3. The average Bonchev–Trinajstić information content (AvgIpc) is 3.41. The van der Waals surface area contributed by atoms with Crippen molar-refractivity contribution in [3.05, 3.63) is 129 Å². The molecule has 0 N–H and O–H groups in total. The van der Waals surface area contributed by atoms with Crippen LogP contribution in [-0.2, 0) is 9.53 Å². The number of hydrogen-bond donors (Lipinski definition) is 0. The van der Waals surface area contributed by atoms with Gasteiger partial charge in [-0.3, -0.25) is 0 Å². The van der Waals surface area contributed by atoms with Crippen LogP contribution in [0.15, 0.2) is 112 Å². The summed E-state index contributed by atoms with van der Waals surface area (Å²) in [6, 6.07) is 14.8. The van der Waals surface area contributed by atoms with Crippen molar-refractivity contribution in [1.29, 1.82) is 0 Å². The van der Waals surface area contributed by atoms with Gasteiger partial charge in [0, 0.05) is 23.3 Å². The van der Waals surface area contributed by atoms with Gasteiger partial charge in [-0.15, -0.1) is 0 Å². The first-order valence-corrected chi connectivity index (χ1v) is 14.3. The van der Waals surface area contributed by atoms with E-state index in [9.17, 15) is 4.79 Å². The summed E-state index contributed by atoms with van der Waals surface area (Å²) in [6.45, 7) is 15.4. The molecular formula is C37H40O4. The molecule has 0 radical (unpaired) electrons. The maximum absolute atomic E-state index is 13.4. The van der Waals surface area contributed by atoms with E-state index in [-0.39, 0.29) is 23.7 Å². The van der Waals surface area contributed by atoms with Crippen LogP contribution in [0, 0.1) is 12.8 Å². The van der Waals surface area contributed by atoms with Gasteiger partial charge in [0.1, 0.15) is 0 Å². The standard InChI is InChI=1S/C37H40O4/c1-9-41-37(38)34-23(4)17-30-19-29(18-28-16-22(3)33(24(28)5)26-12-10-21(2)11-13-26)25(6)35(30)36(34)27-14-15-31(39-7)32(20-27)40-8/h10-18,20,33,35-36H,6,9,19H2,1-5,7-8H3. The monoisotopic (exact) mass is 548 g/mol. The number of carbonyl (C=O) groups excluding carboxylic acids is 1. The normalized spacial score (nSPS) is 23.0. The van der Waals surface area contributed by atoms with E-state index >= 15 is 0 Å². The summed E-state index contributed by atoms with van der Waals surface area (Å²) in [6.07, 6.45) is 7.61. The Kier molecular flexibility index (Phi) is 7.95. The summed E-state index contributed by atoms with van der Waals surface area (Å²) in [5.74, 6) is 1.03. The minimum Gasteiger partial charge on any atom is -0.493 e. The Labute approximate surface area is 244 Å². The predicted molar refractivity (Wildman–Crippen MR) is 165 cm³/mol. The Morgan fingerprint density at radius 1 is 0.927 bits per heavy atom. The number of fused-ring (bicyclic) bond motifs is 1. The highest BCUT2D eigenvalue weighted by atomic mass is 16.5. The van der Waals surface area contributed by atoms with Crippen molar-refractivity contribution in [2.75, 3.05) is 20.8 Å². The molecule has 1 fully saturated rings. The molecule has 4 heteroatoms. The fraction of sp³-hybridized carbons (Fsp3) is 0.324. The van der Waals surface area contributed by atoms with Crippen LogP contribution in [-0.4, -0.2) is 26.8 Å². The topological polar surface area (TPSA) is 44.8 Å². The maximum atomic E-state index is 13.4. The number of benzene rings is 2. The van der Waals surface area contributed by atoms with Crippen molar-refractivity contribution in [2.45, 2.75) is 52.9 Å². The fourth-order valence-electron chi connectivity index (χ4n) is 6.80. The Balaban J connectivity index is 1.56. The molecule has 0 amide bonds. The first-order chi connectivity index (χ1) is 19.7. The third-order valence-corrected chi connectivity index (χ3v) is 8.78. The van der Waals surface area contributed by atoms with Crippen LogP contribution in [0.25, 0.3) is 0 Å². The zero-order chi connectivity index (χ0) is 29.4. The van der Waals surface area contributed by atoms with Gasteiger partial charge >= 0.3 is 5.97 Å². The highest BCUT2D eigenvalue weighted by Crippen LogP contribution is 2.54. The molecule has 1 saturated carbocycles. The average molecular weight is 549 g/mol. The zero-order valence-corrected chi connectivity index (χ0v) is 25.3. The SMILES string of the molecule is C=C1C(=CC2=C(C)C(c3ccc(C)cc3)C(C)=C2)CC2=CC(C)=C(C(=O)OCC)C(c3ccc(OC)c(OC)c3)C12. The molecular weight excluding hydrogens is 508 g/mol. The molecule has 2 aromatic carbocycles. The molecule has 4 nitrogen and oxygen atoms in total. The molecule has 3 atom stereocenters. The van der Waals surface area contributed by atoms with Crippen LogP contribution in [0.2, 0.25) is 0 Å². The van der Waals surface area contributed by atoms with E-state index < -0.39 is 0 Å². The van der Waals surface area contributed by atoms with E-state index in [1.165, 1.54) is 39.0 Å². The van der Waals surface area contributed by atoms with Crippen molar-refractivity contribution >= 4 is 5.97 Å². The summed E-state index contributed by atoms with van der Waals surface area (Å²) in [5, 5.41) is 0. The number of ether oxygens (including phenoxy) is 3. The Morgan fingerprint density at radius 2 is 1.61 bits per heavy atom. The molecule has 0 spiro atoms. The lowest BCUT2D eigenvalue weighted by Gasteiger charge is -2.32. The number of hydrogen-bond acceptors (Lipinski definition) is 4. The first-order valence-electron chi connectivity index (χ1n) is 14.3. The highest BCUT2D eigenvalue weighted by Gasteiger charge is 2.43. The lowest BCUT2D eigenvalue weighted by molar-refractivity contribution is -0.139. The lowest BCUT2D eigenvalue weighted by Crippen LogP contribution is -2.26. The van der Waals surface area contributed by atoms with Crippen LogP contribution in [0.3, 0.4) is 0 Å². The molecule has 3 aliphatic rings. The van der Waals surface area contributed by atoms with E-state index in [0.29, 0.717) is 23.7 Å². The minimum absolute atomic E-state index is 0.0391. The lowest BCUT2D eigenvalue weighted by atomic mass is 9.71. The van der Waals surface area contributed by atoms with Gasteiger partial charge < -0.3 is 14.2 Å². The molecule has 0 saturated heterocycles. The minimum atomic E-state index is -0.279. The number of rotatable bonds is 7. The van der Waals surface area contributed by atoms with Crippen molar-refractivity contribution in [2.24, 2.45) is 5.92 Å². The van der Waals surface area contributed by atoms with Crippen LogP contribution in [0.4, 0.5) is 0 Å². The molecule has 5 rings (SSSR count). The van der Waals surface area contributed by atoms with Crippen molar-refractivity contribution in [1.82, 2.24) is 0 Å². The summed E-state index contributed by atoms with van der Waals surface area (Å²) in [4.78, 5) is 13.4. The van der Waals surface area contributed by atoms with Gasteiger partial charge in [-0.25, -0.2) is 4.79 Å². The van der Waals surface area contributed by atoms with E-state index in [4.69, 9.17) is 14.2 Å².